The molecule has 10 nitrogen and oxygen atoms in total. The molecule has 10 atom stereocenters. The molecule has 0 unspecified atom stereocenters. The van der Waals surface area contributed by atoms with Crippen molar-refractivity contribution >= 4 is 16.9 Å². The monoisotopic (exact) mass is 617 g/mol. The summed E-state index contributed by atoms with van der Waals surface area (Å²) < 4.78 is 5.68. The summed E-state index contributed by atoms with van der Waals surface area (Å²) in [4.78, 5) is 19.9. The first-order valence-electron chi connectivity index (χ1n) is 16.1. The van der Waals surface area contributed by atoms with Crippen LogP contribution in [0.3, 0.4) is 0 Å². The molecule has 6 N–H and O–H groups in total. The summed E-state index contributed by atoms with van der Waals surface area (Å²) in [6.07, 6.45) is -3.65. The molecule has 3 rings (SSSR count). The number of carbonyl (C=O) groups is 1. The topological polar surface area (TPSA) is 156 Å². The molecule has 0 aliphatic carbocycles. The van der Waals surface area contributed by atoms with Gasteiger partial charge in [0.1, 0.15) is 17.8 Å². The van der Waals surface area contributed by atoms with E-state index in [-0.39, 0.29) is 18.8 Å². The van der Waals surface area contributed by atoms with Gasteiger partial charge < -0.3 is 35.6 Å². The second kappa shape index (κ2) is 15.4. The lowest BCUT2D eigenvalue weighted by molar-refractivity contribution is -0.193. The van der Waals surface area contributed by atoms with E-state index in [0.717, 1.165) is 23.0 Å². The smallest absolute Gasteiger partial charge is 0.311 e. The van der Waals surface area contributed by atoms with Crippen molar-refractivity contribution in [2.45, 2.75) is 116 Å². The fraction of sp³-hybridized carbons (Fsp3) is 0.706. The van der Waals surface area contributed by atoms with E-state index in [9.17, 15) is 30.3 Å². The molecular formula is C34H55N3O7. The molecule has 10 heteroatoms. The van der Waals surface area contributed by atoms with Gasteiger partial charge in [0.2, 0.25) is 0 Å². The number of ether oxygens (including phenoxy) is 1. The van der Waals surface area contributed by atoms with Crippen molar-refractivity contribution in [3.63, 3.8) is 0 Å². The Morgan fingerprint density at radius 1 is 1.02 bits per heavy atom. The Bertz CT molecular complexity index is 1210. The number of nitrogens with one attached hydrogen (secondary N) is 1. The van der Waals surface area contributed by atoms with Gasteiger partial charge in [0.05, 0.1) is 34.9 Å². The Labute approximate surface area is 262 Å². The first kappa shape index (κ1) is 36.3. The van der Waals surface area contributed by atoms with Crippen molar-refractivity contribution in [1.29, 1.82) is 0 Å². The Balaban J connectivity index is 1.78. The maximum atomic E-state index is 13.1. The second-order valence-corrected chi connectivity index (χ2v) is 13.5. The first-order valence-corrected chi connectivity index (χ1v) is 16.1. The van der Waals surface area contributed by atoms with Crippen LogP contribution < -0.4 is 5.32 Å². The van der Waals surface area contributed by atoms with Gasteiger partial charge in [-0.3, -0.25) is 14.7 Å². The standard InChI is InChI=1S/C34H55N3O7/c1-8-28-34(7,43)31(40)24(5)37(17-11-16-35-19-26-15-14-25-12-9-10-13-27(25)36-26)20-21(2)18-33(6,42)30(39)22(3)29(38)23(4)32(41)44-28/h9-10,12-15,21-24,28-31,35,38-40,42-43H,8,11,16-20H2,1-7H3/t21-,22+,23-,24-,28-,29+,30-,31-,33-,34-/m1/s1. The minimum Gasteiger partial charge on any atom is -0.459 e. The fourth-order valence-electron chi connectivity index (χ4n) is 6.67. The molecular weight excluding hydrogens is 562 g/mol. The molecule has 1 aliphatic rings. The third-order valence-corrected chi connectivity index (χ3v) is 9.54. The number of pyridine rings is 1. The van der Waals surface area contributed by atoms with E-state index < -0.39 is 59.5 Å². The highest BCUT2D eigenvalue weighted by molar-refractivity contribution is 5.78. The minimum absolute atomic E-state index is 0.110. The van der Waals surface area contributed by atoms with Gasteiger partial charge in [0.25, 0.3) is 0 Å². The van der Waals surface area contributed by atoms with E-state index in [1.165, 1.54) is 13.8 Å². The predicted molar refractivity (Wildman–Crippen MR) is 171 cm³/mol. The fourth-order valence-corrected chi connectivity index (χ4v) is 6.67. The van der Waals surface area contributed by atoms with Crippen molar-refractivity contribution in [2.75, 3.05) is 19.6 Å². The van der Waals surface area contributed by atoms with Crippen LogP contribution >= 0.6 is 0 Å². The second-order valence-electron chi connectivity index (χ2n) is 13.5. The van der Waals surface area contributed by atoms with Gasteiger partial charge in [-0.05, 0) is 78.1 Å². The molecule has 1 saturated heterocycles. The lowest BCUT2D eigenvalue weighted by Crippen LogP contribution is -2.59. The summed E-state index contributed by atoms with van der Waals surface area (Å²) in [5, 5.41) is 60.9. The summed E-state index contributed by atoms with van der Waals surface area (Å²) in [5.74, 6) is -2.70. The molecule has 0 saturated carbocycles. The van der Waals surface area contributed by atoms with Crippen molar-refractivity contribution in [2.24, 2.45) is 17.8 Å². The van der Waals surface area contributed by atoms with Gasteiger partial charge in [-0.1, -0.05) is 45.0 Å². The normalized spacial score (nSPS) is 36.9. The highest BCUT2D eigenvalue weighted by Gasteiger charge is 2.47. The highest BCUT2D eigenvalue weighted by atomic mass is 16.6. The van der Waals surface area contributed by atoms with E-state index in [0.29, 0.717) is 26.2 Å². The third-order valence-electron chi connectivity index (χ3n) is 9.54. The molecule has 1 fully saturated rings. The Morgan fingerprint density at radius 2 is 1.70 bits per heavy atom. The summed E-state index contributed by atoms with van der Waals surface area (Å²) in [7, 11) is 0. The number of carbonyl (C=O) groups excluding carboxylic acids is 1. The highest BCUT2D eigenvalue weighted by Crippen LogP contribution is 2.32. The van der Waals surface area contributed by atoms with Gasteiger partial charge in [-0.15, -0.1) is 0 Å². The number of benzene rings is 1. The molecule has 44 heavy (non-hydrogen) atoms. The van der Waals surface area contributed by atoms with Crippen molar-refractivity contribution in [3.8, 4) is 0 Å². The number of hydrogen-bond acceptors (Lipinski definition) is 10. The quantitative estimate of drug-likeness (QED) is 0.202. The Kier molecular flexibility index (Phi) is 12.7. The maximum absolute atomic E-state index is 13.1. The van der Waals surface area contributed by atoms with Crippen molar-refractivity contribution in [1.82, 2.24) is 15.2 Å². The molecule has 248 valence electrons. The zero-order chi connectivity index (χ0) is 32.8. The van der Waals surface area contributed by atoms with Gasteiger partial charge in [-0.2, -0.15) is 0 Å². The SMILES string of the molecule is CC[C@H]1OC(=O)[C@H](C)[C@@H](O)[C@H](C)[C@@H](O)[C@](C)(O)C[C@@H](C)CN(CCCNCc2ccc3ccccc3n2)[C@H](C)[C@@H](O)[C@]1(C)O. The number of rotatable bonds is 7. The van der Waals surface area contributed by atoms with Crippen LogP contribution in [0.5, 0.6) is 0 Å². The average molecular weight is 618 g/mol. The third kappa shape index (κ3) is 8.75. The molecule has 0 bridgehead atoms. The predicted octanol–water partition coefficient (Wildman–Crippen LogP) is 2.62. The van der Waals surface area contributed by atoms with Crippen LogP contribution in [0.1, 0.15) is 73.4 Å². The van der Waals surface area contributed by atoms with Gasteiger partial charge in [-0.25, -0.2) is 0 Å². The number of aliphatic hydroxyl groups is 5. The number of fused-ring (bicyclic) bond motifs is 1. The zero-order valence-corrected chi connectivity index (χ0v) is 27.5. The number of cyclic esters (lactones) is 1. The molecule has 1 aromatic carbocycles. The Morgan fingerprint density at radius 3 is 2.39 bits per heavy atom. The van der Waals surface area contributed by atoms with Crippen LogP contribution in [0.4, 0.5) is 0 Å². The van der Waals surface area contributed by atoms with Crippen LogP contribution in [0.2, 0.25) is 0 Å². The van der Waals surface area contributed by atoms with E-state index >= 15 is 0 Å². The lowest BCUT2D eigenvalue weighted by atomic mass is 9.78. The Hall–Kier alpha value is -2.18. The van der Waals surface area contributed by atoms with E-state index in [2.05, 4.69) is 16.3 Å². The molecule has 0 spiro atoms. The first-order chi connectivity index (χ1) is 20.6. The van der Waals surface area contributed by atoms with Crippen molar-refractivity contribution < 1.29 is 35.1 Å². The van der Waals surface area contributed by atoms with E-state index in [1.54, 1.807) is 20.8 Å². The molecule has 2 aromatic rings. The van der Waals surface area contributed by atoms with Crippen LogP contribution in [-0.4, -0.2) is 103 Å². The molecule has 1 aliphatic heterocycles. The van der Waals surface area contributed by atoms with E-state index in [1.807, 2.05) is 44.2 Å². The van der Waals surface area contributed by atoms with Crippen LogP contribution in [0.15, 0.2) is 36.4 Å². The largest absolute Gasteiger partial charge is 0.459 e. The average Bonchev–Trinajstić information content (AvgIpc) is 2.99. The van der Waals surface area contributed by atoms with Crippen molar-refractivity contribution in [3.05, 3.63) is 42.1 Å². The summed E-state index contributed by atoms with van der Waals surface area (Å²) >= 11 is 0. The number of aliphatic hydroxyl groups excluding tert-OH is 3. The number of esters is 1. The van der Waals surface area contributed by atoms with Gasteiger partial charge in [0.15, 0.2) is 0 Å². The molecule has 2 heterocycles. The van der Waals surface area contributed by atoms with Crippen LogP contribution in [-0.2, 0) is 16.1 Å². The minimum atomic E-state index is -1.77. The lowest BCUT2D eigenvalue weighted by Gasteiger charge is -2.43. The zero-order valence-electron chi connectivity index (χ0n) is 27.5. The van der Waals surface area contributed by atoms with Crippen LogP contribution in [0.25, 0.3) is 10.9 Å². The van der Waals surface area contributed by atoms with Crippen LogP contribution in [0, 0.1) is 17.8 Å². The molecule has 0 radical (unpaired) electrons. The molecule has 0 amide bonds. The summed E-state index contributed by atoms with van der Waals surface area (Å²) in [5.41, 5.74) is -1.41. The van der Waals surface area contributed by atoms with Gasteiger partial charge in [0, 0.05) is 30.4 Å². The van der Waals surface area contributed by atoms with Gasteiger partial charge >= 0.3 is 5.97 Å². The number of aromatic nitrogens is 1. The van der Waals surface area contributed by atoms with E-state index in [4.69, 9.17) is 9.72 Å². The number of para-hydroxylation sites is 1. The summed E-state index contributed by atoms with van der Waals surface area (Å²) in [6.45, 7) is 14.1. The summed E-state index contributed by atoms with van der Waals surface area (Å²) in [6, 6.07) is 11.5. The molecule has 1 aromatic heterocycles. The maximum Gasteiger partial charge on any atom is 0.311 e. The number of hydrogen-bond donors (Lipinski definition) is 6. The number of nitrogens with zero attached hydrogens (tertiary/aromatic N) is 2.